The molecule has 0 saturated heterocycles. The van der Waals surface area contributed by atoms with Gasteiger partial charge in [0.2, 0.25) is 0 Å². The number of aromatic nitrogens is 2. The molecule has 13 rings (SSSR count). The SMILES string of the molecule is CC(C)(C)c1ccc2c(c1)B1c3ccccc3Oc3ccc4c5c(ccc6c7ccc8c9c7n(c65)-c5ccc(C(C)(C)C)cc5B9c5ccccc5O8)n-2c4c31. The van der Waals surface area contributed by atoms with E-state index in [1.54, 1.807) is 0 Å². The molecule has 4 aliphatic rings. The molecule has 0 saturated carbocycles. The van der Waals surface area contributed by atoms with Crippen molar-refractivity contribution in [1.29, 1.82) is 0 Å². The van der Waals surface area contributed by atoms with E-state index in [4.69, 9.17) is 9.47 Å². The van der Waals surface area contributed by atoms with Gasteiger partial charge in [-0.1, -0.05) is 108 Å². The van der Waals surface area contributed by atoms with Crippen LogP contribution in [0.15, 0.2) is 121 Å². The molecule has 0 atom stereocenters. The Morgan fingerprint density at radius 2 is 0.911 bits per heavy atom. The van der Waals surface area contributed by atoms with Gasteiger partial charge in [0.25, 0.3) is 13.4 Å². The highest BCUT2D eigenvalue weighted by Crippen LogP contribution is 2.46. The van der Waals surface area contributed by atoms with E-state index in [-0.39, 0.29) is 24.3 Å². The Labute approximate surface area is 326 Å². The Morgan fingerprint density at radius 3 is 1.48 bits per heavy atom. The molecule has 4 nitrogen and oxygen atoms in total. The summed E-state index contributed by atoms with van der Waals surface area (Å²) in [5.74, 6) is 3.79. The minimum absolute atomic E-state index is 0.0000946. The van der Waals surface area contributed by atoms with Crippen molar-refractivity contribution in [2.75, 3.05) is 0 Å². The van der Waals surface area contributed by atoms with Gasteiger partial charge in [0.15, 0.2) is 0 Å². The fourth-order valence-electron chi connectivity index (χ4n) is 10.8. The number of rotatable bonds is 0. The lowest BCUT2D eigenvalue weighted by Crippen LogP contribution is -2.58. The molecule has 2 aromatic heterocycles. The van der Waals surface area contributed by atoms with E-state index < -0.39 is 0 Å². The molecule has 56 heavy (non-hydrogen) atoms. The lowest BCUT2D eigenvalue weighted by atomic mass is 9.34. The van der Waals surface area contributed by atoms with Crippen molar-refractivity contribution in [2.45, 2.75) is 52.4 Å². The molecular formula is C50H38B2N2O2. The van der Waals surface area contributed by atoms with Crippen LogP contribution >= 0.6 is 0 Å². The van der Waals surface area contributed by atoms with Gasteiger partial charge >= 0.3 is 0 Å². The molecular weight excluding hydrogens is 682 g/mol. The quantitative estimate of drug-likeness (QED) is 0.148. The fraction of sp³-hybridized carbons (Fsp3) is 0.160. The highest BCUT2D eigenvalue weighted by atomic mass is 16.5. The molecule has 0 amide bonds. The number of hydrogen-bond donors (Lipinski definition) is 0. The first kappa shape index (κ1) is 31.1. The summed E-state index contributed by atoms with van der Waals surface area (Å²) < 4.78 is 18.7. The summed E-state index contributed by atoms with van der Waals surface area (Å²) in [6, 6.07) is 45.5. The van der Waals surface area contributed by atoms with Gasteiger partial charge in [0.05, 0.1) is 22.1 Å². The first-order valence-electron chi connectivity index (χ1n) is 20.0. The fourth-order valence-corrected chi connectivity index (χ4v) is 10.8. The standard InChI is InChI=1S/C50H38B2N2O2/c1-49(2,3)27-15-20-36-34(25-27)51-32-11-7-9-13-39(32)56-42-24-19-31-43-38(53(36)48(31)45(42)51)22-17-29-30-18-23-41-44-47(30)54(46(29)43)37-21-16-28(50(4,5)6)26-35(37)52(44)33-12-8-10-14-40(33)55-41/h7-26H,1-6H3. The average Bonchev–Trinajstić information content (AvgIpc) is 3.72. The van der Waals surface area contributed by atoms with Gasteiger partial charge in [0.1, 0.15) is 23.0 Å². The Hall–Kier alpha value is -6.13. The smallest absolute Gasteiger partial charge is 0.256 e. The van der Waals surface area contributed by atoms with Crippen LogP contribution in [0.1, 0.15) is 52.7 Å². The maximum absolute atomic E-state index is 6.78. The second-order valence-electron chi connectivity index (χ2n) is 18.5. The summed E-state index contributed by atoms with van der Waals surface area (Å²) in [5, 5.41) is 5.06. The predicted octanol–water partition coefficient (Wildman–Crippen LogP) is 8.35. The largest absolute Gasteiger partial charge is 0.458 e. The van der Waals surface area contributed by atoms with Crippen molar-refractivity contribution >= 4 is 89.8 Å². The molecule has 266 valence electrons. The van der Waals surface area contributed by atoms with Gasteiger partial charge in [-0.05, 0) is 109 Å². The van der Waals surface area contributed by atoms with Gasteiger partial charge in [0, 0.05) is 32.9 Å². The van der Waals surface area contributed by atoms with Gasteiger partial charge in [-0.3, -0.25) is 0 Å². The number of para-hydroxylation sites is 2. The Balaban J connectivity index is 1.22. The van der Waals surface area contributed by atoms with E-state index in [9.17, 15) is 0 Å². The minimum Gasteiger partial charge on any atom is -0.458 e. The number of nitrogens with zero attached hydrogens (tertiary/aromatic N) is 2. The van der Waals surface area contributed by atoms with E-state index in [2.05, 4.69) is 172 Å². The summed E-state index contributed by atoms with van der Waals surface area (Å²) in [7, 11) is 0. The third-order valence-corrected chi connectivity index (χ3v) is 13.3. The number of benzene rings is 7. The monoisotopic (exact) mass is 720 g/mol. The molecule has 0 fully saturated rings. The van der Waals surface area contributed by atoms with Gasteiger partial charge in [-0.2, -0.15) is 0 Å². The van der Waals surface area contributed by atoms with Crippen LogP contribution < -0.4 is 42.3 Å². The molecule has 9 aromatic rings. The zero-order valence-corrected chi connectivity index (χ0v) is 32.4. The van der Waals surface area contributed by atoms with Crippen LogP contribution in [-0.2, 0) is 10.8 Å². The van der Waals surface area contributed by atoms with Crippen LogP contribution in [0.4, 0.5) is 0 Å². The lowest BCUT2D eigenvalue weighted by Gasteiger charge is -2.34. The Bertz CT molecular complexity index is 3300. The normalized spacial score (nSPS) is 14.5. The second kappa shape index (κ2) is 9.99. The van der Waals surface area contributed by atoms with Gasteiger partial charge in [-0.15, -0.1) is 0 Å². The number of ether oxygens (including phenoxy) is 2. The highest BCUT2D eigenvalue weighted by molar-refractivity contribution is 7.00. The van der Waals surface area contributed by atoms with E-state index in [1.165, 1.54) is 98.9 Å². The first-order valence-corrected chi connectivity index (χ1v) is 20.0. The van der Waals surface area contributed by atoms with Crippen molar-refractivity contribution < 1.29 is 9.47 Å². The molecule has 6 heteroatoms. The van der Waals surface area contributed by atoms with Gasteiger partial charge in [-0.25, -0.2) is 0 Å². The predicted molar refractivity (Wildman–Crippen MR) is 235 cm³/mol. The summed E-state index contributed by atoms with van der Waals surface area (Å²) in [6.07, 6.45) is 0. The molecule has 0 aliphatic carbocycles. The van der Waals surface area contributed by atoms with Crippen molar-refractivity contribution in [3.63, 3.8) is 0 Å². The number of fused-ring (bicyclic) bond motifs is 17. The van der Waals surface area contributed by atoms with Crippen LogP contribution in [0.2, 0.25) is 0 Å². The van der Waals surface area contributed by atoms with Crippen molar-refractivity contribution in [1.82, 2.24) is 9.13 Å². The number of hydrogen-bond acceptors (Lipinski definition) is 2. The zero-order chi connectivity index (χ0) is 37.6. The molecule has 7 aromatic carbocycles. The van der Waals surface area contributed by atoms with E-state index in [0.29, 0.717) is 0 Å². The van der Waals surface area contributed by atoms with Crippen LogP contribution in [0.25, 0.3) is 55.0 Å². The van der Waals surface area contributed by atoms with Crippen LogP contribution in [0, 0.1) is 0 Å². The molecule has 0 unspecified atom stereocenters. The summed E-state index contributed by atoms with van der Waals surface area (Å²) in [5.41, 5.74) is 17.8. The molecule has 0 spiro atoms. The average molecular weight is 720 g/mol. The summed E-state index contributed by atoms with van der Waals surface area (Å²) in [4.78, 5) is 0. The Kier molecular flexibility index (Phi) is 5.55. The maximum atomic E-state index is 6.78. The molecule has 0 radical (unpaired) electrons. The lowest BCUT2D eigenvalue weighted by molar-refractivity contribution is 0.487. The first-order chi connectivity index (χ1) is 27.1. The minimum atomic E-state index is 0.0000946. The topological polar surface area (TPSA) is 28.3 Å². The molecule has 0 N–H and O–H groups in total. The zero-order valence-electron chi connectivity index (χ0n) is 32.4. The third-order valence-electron chi connectivity index (χ3n) is 13.3. The summed E-state index contributed by atoms with van der Waals surface area (Å²) in [6.45, 7) is 14.0. The van der Waals surface area contributed by atoms with Crippen molar-refractivity contribution in [3.8, 4) is 34.4 Å². The second-order valence-corrected chi connectivity index (χ2v) is 18.5. The summed E-state index contributed by atoms with van der Waals surface area (Å²) >= 11 is 0. The van der Waals surface area contributed by atoms with Gasteiger partial charge < -0.3 is 18.6 Å². The van der Waals surface area contributed by atoms with Crippen LogP contribution in [0.5, 0.6) is 23.0 Å². The Morgan fingerprint density at radius 1 is 0.429 bits per heavy atom. The van der Waals surface area contributed by atoms with E-state index >= 15 is 0 Å². The van der Waals surface area contributed by atoms with Crippen LogP contribution in [-0.4, -0.2) is 22.6 Å². The molecule has 6 heterocycles. The highest BCUT2D eigenvalue weighted by Gasteiger charge is 2.44. The maximum Gasteiger partial charge on any atom is 0.256 e. The third kappa shape index (κ3) is 3.69. The molecule has 0 bridgehead atoms. The van der Waals surface area contributed by atoms with Crippen molar-refractivity contribution in [2.24, 2.45) is 0 Å². The van der Waals surface area contributed by atoms with E-state index in [1.807, 2.05) is 0 Å². The van der Waals surface area contributed by atoms with Crippen molar-refractivity contribution in [3.05, 3.63) is 132 Å². The van der Waals surface area contributed by atoms with Crippen LogP contribution in [0.3, 0.4) is 0 Å². The van der Waals surface area contributed by atoms with E-state index in [0.717, 1.165) is 23.0 Å². The molecule has 4 aliphatic heterocycles.